The van der Waals surface area contributed by atoms with E-state index in [4.69, 9.17) is 5.73 Å². The van der Waals surface area contributed by atoms with Gasteiger partial charge in [0.25, 0.3) is 0 Å². The number of nitrogens with two attached hydrogens (primary N) is 1. The van der Waals surface area contributed by atoms with Crippen LogP contribution in [0.5, 0.6) is 0 Å². The predicted molar refractivity (Wildman–Crippen MR) is 81.1 cm³/mol. The number of thioether (sulfide) groups is 1. The summed E-state index contributed by atoms with van der Waals surface area (Å²) in [5.41, 5.74) is 7.38. The van der Waals surface area contributed by atoms with Crippen molar-refractivity contribution in [2.75, 3.05) is 25.4 Å². The third kappa shape index (κ3) is 3.74. The Hall–Kier alpha value is -0.510. The maximum Gasteiger partial charge on any atom is 0.0259 e. The summed E-state index contributed by atoms with van der Waals surface area (Å²) in [5, 5.41) is 0. The van der Waals surface area contributed by atoms with Gasteiger partial charge in [-0.3, -0.25) is 4.90 Å². The average Bonchev–Trinajstić information content (AvgIpc) is 2.36. The van der Waals surface area contributed by atoms with E-state index in [0.29, 0.717) is 10.8 Å². The van der Waals surface area contributed by atoms with E-state index < -0.39 is 0 Å². The molecule has 0 aromatic heterocycles. The van der Waals surface area contributed by atoms with Crippen LogP contribution in [0.15, 0.2) is 30.3 Å². The highest BCUT2D eigenvalue weighted by Gasteiger charge is 2.30. The first-order valence-electron chi connectivity index (χ1n) is 6.73. The van der Waals surface area contributed by atoms with Gasteiger partial charge >= 0.3 is 0 Å². The number of rotatable bonds is 4. The van der Waals surface area contributed by atoms with Crippen LogP contribution in [0, 0.1) is 0 Å². The predicted octanol–water partition coefficient (Wildman–Crippen LogP) is 2.38. The maximum atomic E-state index is 5.99. The molecule has 100 valence electrons. The Morgan fingerprint density at radius 3 is 2.67 bits per heavy atom. The molecule has 1 aromatic rings. The van der Waals surface area contributed by atoms with Crippen LogP contribution >= 0.6 is 11.8 Å². The highest BCUT2D eigenvalue weighted by Crippen LogP contribution is 2.30. The minimum absolute atomic E-state index is 0.363. The lowest BCUT2D eigenvalue weighted by atomic mass is 10.0. The van der Waals surface area contributed by atoms with E-state index in [1.165, 1.54) is 17.9 Å². The first kappa shape index (κ1) is 13.9. The van der Waals surface area contributed by atoms with Crippen molar-refractivity contribution in [1.82, 2.24) is 4.90 Å². The summed E-state index contributed by atoms with van der Waals surface area (Å²) in [6, 6.07) is 11.2. The Balaban J connectivity index is 2.00. The van der Waals surface area contributed by atoms with Crippen molar-refractivity contribution in [2.45, 2.75) is 31.1 Å². The molecule has 1 atom stereocenters. The minimum Gasteiger partial charge on any atom is -0.329 e. The molecule has 1 aliphatic rings. The smallest absolute Gasteiger partial charge is 0.0259 e. The zero-order chi connectivity index (χ0) is 13.0. The van der Waals surface area contributed by atoms with E-state index >= 15 is 0 Å². The second-order valence-electron chi connectivity index (χ2n) is 5.66. The van der Waals surface area contributed by atoms with E-state index in [0.717, 1.165) is 19.5 Å². The summed E-state index contributed by atoms with van der Waals surface area (Å²) >= 11 is 2.08. The standard InChI is InChI=1S/C15H24N2S/c1-15(2)12-17(8-9-18-15)14(11-16)10-13-6-4-3-5-7-13/h3-7,14H,8-12,16H2,1-2H3. The van der Waals surface area contributed by atoms with Gasteiger partial charge in [-0.05, 0) is 25.8 Å². The summed E-state index contributed by atoms with van der Waals surface area (Å²) in [4.78, 5) is 2.57. The lowest BCUT2D eigenvalue weighted by Crippen LogP contribution is -2.51. The lowest BCUT2D eigenvalue weighted by Gasteiger charge is -2.41. The first-order chi connectivity index (χ1) is 8.61. The molecule has 2 nitrogen and oxygen atoms in total. The fourth-order valence-electron chi connectivity index (χ4n) is 2.61. The van der Waals surface area contributed by atoms with Gasteiger partial charge in [-0.25, -0.2) is 0 Å². The fourth-order valence-corrected chi connectivity index (χ4v) is 3.75. The van der Waals surface area contributed by atoms with E-state index in [-0.39, 0.29) is 0 Å². The van der Waals surface area contributed by atoms with Gasteiger partial charge < -0.3 is 5.73 Å². The molecule has 3 heteroatoms. The van der Waals surface area contributed by atoms with Gasteiger partial charge in [0.05, 0.1) is 0 Å². The quantitative estimate of drug-likeness (QED) is 0.905. The molecule has 1 aromatic carbocycles. The van der Waals surface area contributed by atoms with Gasteiger partial charge in [0, 0.05) is 36.2 Å². The van der Waals surface area contributed by atoms with Crippen molar-refractivity contribution in [3.8, 4) is 0 Å². The van der Waals surface area contributed by atoms with Crippen LogP contribution in [-0.2, 0) is 6.42 Å². The van der Waals surface area contributed by atoms with Gasteiger partial charge in [-0.1, -0.05) is 30.3 Å². The van der Waals surface area contributed by atoms with Gasteiger partial charge in [-0.15, -0.1) is 0 Å². The second-order valence-corrected chi connectivity index (χ2v) is 7.46. The summed E-state index contributed by atoms with van der Waals surface area (Å²) in [6.45, 7) is 7.73. The van der Waals surface area contributed by atoms with Crippen molar-refractivity contribution in [3.63, 3.8) is 0 Å². The Bertz CT molecular complexity index is 364. The topological polar surface area (TPSA) is 29.3 Å². The van der Waals surface area contributed by atoms with Crippen LogP contribution in [0.4, 0.5) is 0 Å². The normalized spacial score (nSPS) is 21.7. The van der Waals surface area contributed by atoms with Crippen molar-refractivity contribution < 1.29 is 0 Å². The zero-order valence-electron chi connectivity index (χ0n) is 11.4. The van der Waals surface area contributed by atoms with Crippen molar-refractivity contribution in [3.05, 3.63) is 35.9 Å². The Morgan fingerprint density at radius 2 is 2.06 bits per heavy atom. The molecule has 0 spiro atoms. The number of hydrogen-bond donors (Lipinski definition) is 1. The molecule has 0 radical (unpaired) electrons. The SMILES string of the molecule is CC1(C)CN(C(CN)Cc2ccccc2)CCS1. The molecule has 1 saturated heterocycles. The maximum absolute atomic E-state index is 5.99. The Kier molecular flexibility index (Phi) is 4.71. The molecule has 18 heavy (non-hydrogen) atoms. The zero-order valence-corrected chi connectivity index (χ0v) is 12.2. The molecule has 1 heterocycles. The van der Waals surface area contributed by atoms with Crippen LogP contribution in [0.25, 0.3) is 0 Å². The minimum atomic E-state index is 0.363. The van der Waals surface area contributed by atoms with E-state index in [2.05, 4.69) is 60.8 Å². The molecule has 0 bridgehead atoms. The fraction of sp³-hybridized carbons (Fsp3) is 0.600. The van der Waals surface area contributed by atoms with Crippen LogP contribution in [0.3, 0.4) is 0 Å². The molecular weight excluding hydrogens is 240 g/mol. The number of nitrogens with zero attached hydrogens (tertiary/aromatic N) is 1. The molecule has 1 aliphatic heterocycles. The molecule has 1 unspecified atom stereocenters. The monoisotopic (exact) mass is 264 g/mol. The van der Waals surface area contributed by atoms with E-state index in [9.17, 15) is 0 Å². The molecular formula is C15H24N2S. The molecule has 1 fully saturated rings. The lowest BCUT2D eigenvalue weighted by molar-refractivity contribution is 0.190. The third-order valence-electron chi connectivity index (χ3n) is 3.56. The van der Waals surface area contributed by atoms with Crippen molar-refractivity contribution in [2.24, 2.45) is 5.73 Å². The first-order valence-corrected chi connectivity index (χ1v) is 7.71. The van der Waals surface area contributed by atoms with Crippen LogP contribution in [0.2, 0.25) is 0 Å². The van der Waals surface area contributed by atoms with Crippen LogP contribution in [0.1, 0.15) is 19.4 Å². The molecule has 0 amide bonds. The third-order valence-corrected chi connectivity index (χ3v) is 4.86. The Morgan fingerprint density at radius 1 is 1.33 bits per heavy atom. The highest BCUT2D eigenvalue weighted by atomic mass is 32.2. The molecule has 0 saturated carbocycles. The number of hydrogen-bond acceptors (Lipinski definition) is 3. The summed E-state index contributed by atoms with van der Waals surface area (Å²) in [5.74, 6) is 1.22. The van der Waals surface area contributed by atoms with Gasteiger partial charge in [0.2, 0.25) is 0 Å². The van der Waals surface area contributed by atoms with Gasteiger partial charge in [-0.2, -0.15) is 11.8 Å². The van der Waals surface area contributed by atoms with Crippen LogP contribution in [-0.4, -0.2) is 41.1 Å². The summed E-state index contributed by atoms with van der Waals surface area (Å²) in [6.07, 6.45) is 1.07. The summed E-state index contributed by atoms with van der Waals surface area (Å²) in [7, 11) is 0. The van der Waals surface area contributed by atoms with E-state index in [1.54, 1.807) is 0 Å². The highest BCUT2D eigenvalue weighted by molar-refractivity contribution is 8.00. The average molecular weight is 264 g/mol. The van der Waals surface area contributed by atoms with Crippen LogP contribution < -0.4 is 5.73 Å². The van der Waals surface area contributed by atoms with Gasteiger partial charge in [0.1, 0.15) is 0 Å². The number of benzene rings is 1. The van der Waals surface area contributed by atoms with Gasteiger partial charge in [0.15, 0.2) is 0 Å². The van der Waals surface area contributed by atoms with Crippen molar-refractivity contribution >= 4 is 11.8 Å². The largest absolute Gasteiger partial charge is 0.329 e. The second kappa shape index (κ2) is 6.09. The van der Waals surface area contributed by atoms with Crippen molar-refractivity contribution in [1.29, 1.82) is 0 Å². The summed E-state index contributed by atoms with van der Waals surface area (Å²) < 4.78 is 0.363. The Labute approximate surface area is 115 Å². The van der Waals surface area contributed by atoms with E-state index in [1.807, 2.05) is 0 Å². The molecule has 0 aliphatic carbocycles. The molecule has 2 rings (SSSR count). The molecule has 2 N–H and O–H groups in total.